The molecule has 0 unspecified atom stereocenters. The third kappa shape index (κ3) is 3.52. The number of carbonyl (C=O) groups is 1. The van der Waals surface area contributed by atoms with E-state index in [0.717, 1.165) is 16.8 Å². The number of rotatable bonds is 6. The summed E-state index contributed by atoms with van der Waals surface area (Å²) in [4.78, 5) is 12.5. The Morgan fingerprint density at radius 1 is 1.08 bits per heavy atom. The summed E-state index contributed by atoms with van der Waals surface area (Å²) < 4.78 is 6.95. The van der Waals surface area contributed by atoms with Gasteiger partial charge in [-0.3, -0.25) is 4.79 Å². The van der Waals surface area contributed by atoms with Crippen molar-refractivity contribution in [2.24, 2.45) is 0 Å². The van der Waals surface area contributed by atoms with Gasteiger partial charge in [-0.05, 0) is 29.3 Å². The van der Waals surface area contributed by atoms with E-state index in [1.165, 1.54) is 0 Å². The van der Waals surface area contributed by atoms with Gasteiger partial charge in [0.15, 0.2) is 0 Å². The van der Waals surface area contributed by atoms with Crippen molar-refractivity contribution in [3.05, 3.63) is 83.7 Å². The highest BCUT2D eigenvalue weighted by atomic mass is 16.5. The van der Waals surface area contributed by atoms with Crippen molar-refractivity contribution in [3.63, 3.8) is 0 Å². The lowest BCUT2D eigenvalue weighted by atomic mass is 10.1. The zero-order chi connectivity index (χ0) is 16.8. The predicted octanol–water partition coefficient (Wildman–Crippen LogP) is 2.95. The fraction of sp³-hybridized carbons (Fsp3) is 0.158. The highest BCUT2D eigenvalue weighted by Crippen LogP contribution is 2.14. The van der Waals surface area contributed by atoms with Crippen LogP contribution in [0.1, 0.15) is 21.5 Å². The van der Waals surface area contributed by atoms with E-state index in [4.69, 9.17) is 4.74 Å². The van der Waals surface area contributed by atoms with Crippen LogP contribution in [-0.2, 0) is 17.9 Å². The van der Waals surface area contributed by atoms with Gasteiger partial charge < -0.3 is 10.1 Å². The molecule has 0 saturated heterocycles. The highest BCUT2D eigenvalue weighted by molar-refractivity contribution is 5.95. The van der Waals surface area contributed by atoms with E-state index in [1.807, 2.05) is 60.8 Å². The molecule has 0 fully saturated rings. The molecule has 1 aromatic heterocycles. The molecule has 122 valence electrons. The highest BCUT2D eigenvalue weighted by Gasteiger charge is 2.11. The number of para-hydroxylation sites is 1. The van der Waals surface area contributed by atoms with Gasteiger partial charge in [0.05, 0.1) is 12.3 Å². The molecule has 1 N–H and O–H groups in total. The number of ether oxygens (including phenoxy) is 1. The normalized spacial score (nSPS) is 10.5. The Morgan fingerprint density at radius 2 is 1.83 bits per heavy atom. The van der Waals surface area contributed by atoms with E-state index in [-0.39, 0.29) is 5.91 Å². The lowest BCUT2D eigenvalue weighted by molar-refractivity contribution is 0.0946. The number of methoxy groups -OCH3 is 1. The molecular formula is C19H19N3O2. The van der Waals surface area contributed by atoms with Crippen molar-refractivity contribution < 1.29 is 9.53 Å². The summed E-state index contributed by atoms with van der Waals surface area (Å²) >= 11 is 0. The smallest absolute Gasteiger partial charge is 0.251 e. The largest absolute Gasteiger partial charge is 0.380 e. The molecule has 24 heavy (non-hydrogen) atoms. The first-order valence-corrected chi connectivity index (χ1v) is 7.72. The monoisotopic (exact) mass is 321 g/mol. The summed E-state index contributed by atoms with van der Waals surface area (Å²) in [5, 5.41) is 7.24. The molecule has 0 bridgehead atoms. The van der Waals surface area contributed by atoms with Crippen LogP contribution in [0.3, 0.4) is 0 Å². The lowest BCUT2D eigenvalue weighted by Gasteiger charge is -2.12. The van der Waals surface area contributed by atoms with Gasteiger partial charge in [-0.2, -0.15) is 5.10 Å². The molecule has 0 atom stereocenters. The number of carbonyl (C=O) groups excluding carboxylic acids is 1. The standard InChI is InChI=1S/C19H19N3O2/c1-24-14-16-8-2-4-9-17(16)19(23)20-13-15-7-3-5-10-18(15)22-12-6-11-21-22/h2-12H,13-14H2,1H3,(H,20,23). The van der Waals surface area contributed by atoms with Gasteiger partial charge in [-0.15, -0.1) is 0 Å². The number of amides is 1. The molecule has 0 saturated carbocycles. The van der Waals surface area contributed by atoms with Gasteiger partial charge in [0.25, 0.3) is 5.91 Å². The lowest BCUT2D eigenvalue weighted by Crippen LogP contribution is -2.24. The molecule has 0 aliphatic heterocycles. The maximum atomic E-state index is 12.5. The molecule has 3 aromatic rings. The second-order valence-electron chi connectivity index (χ2n) is 5.35. The molecule has 0 radical (unpaired) electrons. The van der Waals surface area contributed by atoms with Crippen LogP contribution in [0.4, 0.5) is 0 Å². The van der Waals surface area contributed by atoms with E-state index in [2.05, 4.69) is 10.4 Å². The zero-order valence-electron chi connectivity index (χ0n) is 13.5. The van der Waals surface area contributed by atoms with Crippen molar-refractivity contribution in [1.82, 2.24) is 15.1 Å². The van der Waals surface area contributed by atoms with Crippen LogP contribution < -0.4 is 5.32 Å². The molecule has 5 nitrogen and oxygen atoms in total. The van der Waals surface area contributed by atoms with Crippen molar-refractivity contribution in [1.29, 1.82) is 0 Å². The number of hydrogen-bond donors (Lipinski definition) is 1. The molecule has 0 aliphatic carbocycles. The van der Waals surface area contributed by atoms with Crippen LogP contribution in [0.25, 0.3) is 5.69 Å². The molecule has 0 spiro atoms. The van der Waals surface area contributed by atoms with Crippen molar-refractivity contribution in [2.75, 3.05) is 7.11 Å². The fourth-order valence-electron chi connectivity index (χ4n) is 2.59. The summed E-state index contributed by atoms with van der Waals surface area (Å²) in [6.45, 7) is 0.837. The molecule has 0 aliphatic rings. The second kappa shape index (κ2) is 7.57. The van der Waals surface area contributed by atoms with Crippen molar-refractivity contribution in [2.45, 2.75) is 13.2 Å². The topological polar surface area (TPSA) is 56.1 Å². The molecule has 2 aromatic carbocycles. The van der Waals surface area contributed by atoms with Crippen molar-refractivity contribution in [3.8, 4) is 5.69 Å². The minimum absolute atomic E-state index is 0.113. The van der Waals surface area contributed by atoms with E-state index in [0.29, 0.717) is 18.7 Å². The second-order valence-corrected chi connectivity index (χ2v) is 5.35. The summed E-state index contributed by atoms with van der Waals surface area (Å²) in [6, 6.07) is 17.2. The minimum atomic E-state index is -0.113. The van der Waals surface area contributed by atoms with Gasteiger partial charge in [-0.25, -0.2) is 4.68 Å². The van der Waals surface area contributed by atoms with E-state index in [9.17, 15) is 4.79 Å². The maximum Gasteiger partial charge on any atom is 0.251 e. The number of aromatic nitrogens is 2. The first kappa shape index (κ1) is 16.0. The van der Waals surface area contributed by atoms with Gasteiger partial charge in [0, 0.05) is 31.6 Å². The average molecular weight is 321 g/mol. The maximum absolute atomic E-state index is 12.5. The molecule has 1 heterocycles. The number of hydrogen-bond acceptors (Lipinski definition) is 3. The molecular weight excluding hydrogens is 302 g/mol. The van der Waals surface area contributed by atoms with Gasteiger partial charge in [0.1, 0.15) is 0 Å². The van der Waals surface area contributed by atoms with E-state index >= 15 is 0 Å². The van der Waals surface area contributed by atoms with Gasteiger partial charge >= 0.3 is 0 Å². The molecule has 5 heteroatoms. The van der Waals surface area contributed by atoms with Crippen LogP contribution in [0.15, 0.2) is 67.0 Å². The Kier molecular flexibility index (Phi) is 5.03. The first-order valence-electron chi connectivity index (χ1n) is 7.72. The van der Waals surface area contributed by atoms with Crippen LogP contribution in [0.5, 0.6) is 0 Å². The summed E-state index contributed by atoms with van der Waals surface area (Å²) in [5.41, 5.74) is 3.46. The number of nitrogens with one attached hydrogen (secondary N) is 1. The minimum Gasteiger partial charge on any atom is -0.380 e. The SMILES string of the molecule is COCc1ccccc1C(=O)NCc1ccccc1-n1cccn1. The van der Waals surface area contributed by atoms with Crippen molar-refractivity contribution >= 4 is 5.91 Å². The Hall–Kier alpha value is -2.92. The van der Waals surface area contributed by atoms with Gasteiger partial charge in [-0.1, -0.05) is 36.4 Å². The number of nitrogens with zero attached hydrogens (tertiary/aromatic N) is 2. The quantitative estimate of drug-likeness (QED) is 0.759. The van der Waals surface area contributed by atoms with Crippen LogP contribution in [0.2, 0.25) is 0 Å². The fourth-order valence-corrected chi connectivity index (χ4v) is 2.59. The Morgan fingerprint density at radius 3 is 2.58 bits per heavy atom. The predicted molar refractivity (Wildman–Crippen MR) is 91.9 cm³/mol. The average Bonchev–Trinajstić information content (AvgIpc) is 3.15. The Bertz CT molecular complexity index is 813. The Labute approximate surface area is 140 Å². The Balaban J connectivity index is 1.76. The summed E-state index contributed by atoms with van der Waals surface area (Å²) in [5.74, 6) is -0.113. The van der Waals surface area contributed by atoms with E-state index in [1.54, 1.807) is 18.0 Å². The third-order valence-electron chi connectivity index (χ3n) is 3.74. The summed E-state index contributed by atoms with van der Waals surface area (Å²) in [6.07, 6.45) is 3.62. The molecule has 3 rings (SSSR count). The first-order chi connectivity index (χ1) is 11.8. The van der Waals surface area contributed by atoms with Crippen LogP contribution >= 0.6 is 0 Å². The third-order valence-corrected chi connectivity index (χ3v) is 3.74. The summed E-state index contributed by atoms with van der Waals surface area (Å²) in [7, 11) is 1.62. The molecule has 1 amide bonds. The zero-order valence-corrected chi connectivity index (χ0v) is 13.5. The van der Waals surface area contributed by atoms with E-state index < -0.39 is 0 Å². The van der Waals surface area contributed by atoms with Gasteiger partial charge in [0.2, 0.25) is 0 Å². The van der Waals surface area contributed by atoms with Crippen LogP contribution in [0, 0.1) is 0 Å². The number of benzene rings is 2. The van der Waals surface area contributed by atoms with Crippen LogP contribution in [-0.4, -0.2) is 22.8 Å².